The van der Waals surface area contributed by atoms with Gasteiger partial charge in [0.05, 0.1) is 11.0 Å². The van der Waals surface area contributed by atoms with Crippen molar-refractivity contribution < 1.29 is 9.15 Å². The number of hydrogen-bond donors (Lipinski definition) is 0. The van der Waals surface area contributed by atoms with Gasteiger partial charge in [-0.15, -0.1) is 0 Å². The van der Waals surface area contributed by atoms with Gasteiger partial charge in [0.15, 0.2) is 17.5 Å². The molecule has 2 aliphatic rings. The summed E-state index contributed by atoms with van der Waals surface area (Å²) >= 11 is 0. The van der Waals surface area contributed by atoms with E-state index in [1.165, 1.54) is 16.7 Å². The van der Waals surface area contributed by atoms with E-state index in [0.29, 0.717) is 17.5 Å². The van der Waals surface area contributed by atoms with Crippen LogP contribution in [0.1, 0.15) is 22.3 Å². The molecule has 0 amide bonds. The first-order valence-electron chi connectivity index (χ1n) is 23.3. The SMILES string of the molecule is c1ccc(-c2cc(-c3ccccc3)cc(-c3ccc4c(c3)C3(c5ccccc5Oc5ccccc53)c3cccc(-c5nc(-c6ccccc6)nc(-c6cccc7c6oc6ccccc67)n5)c3-4)c2)cc1. The lowest BCUT2D eigenvalue weighted by Gasteiger charge is -2.39. The molecule has 12 aromatic rings. The maximum absolute atomic E-state index is 6.80. The highest BCUT2D eigenvalue weighted by Gasteiger charge is 2.52. The number of nitrogens with zero attached hydrogens (tertiary/aromatic N) is 3. The first-order chi connectivity index (χ1) is 34.2. The van der Waals surface area contributed by atoms with Gasteiger partial charge in [-0.3, -0.25) is 0 Å². The van der Waals surface area contributed by atoms with Crippen LogP contribution in [0.25, 0.3) is 101 Å². The number of benzene rings is 10. The van der Waals surface area contributed by atoms with Crippen molar-refractivity contribution in [3.8, 4) is 90.2 Å². The number of fused-ring (bicyclic) bond motifs is 12. The van der Waals surface area contributed by atoms with Crippen LogP contribution in [-0.4, -0.2) is 15.0 Å². The molecule has 0 unspecified atom stereocenters. The van der Waals surface area contributed by atoms with Gasteiger partial charge in [-0.05, 0) is 104 Å². The van der Waals surface area contributed by atoms with Crippen LogP contribution in [0.2, 0.25) is 0 Å². The van der Waals surface area contributed by atoms with E-state index in [1.54, 1.807) is 0 Å². The molecule has 0 bridgehead atoms. The summed E-state index contributed by atoms with van der Waals surface area (Å²) in [6.45, 7) is 0. The Hall–Kier alpha value is -9.19. The molecule has 322 valence electrons. The summed E-state index contributed by atoms with van der Waals surface area (Å²) in [5, 5.41) is 2.06. The highest BCUT2D eigenvalue weighted by molar-refractivity contribution is 6.09. The summed E-state index contributed by atoms with van der Waals surface area (Å²) in [5.74, 6) is 3.36. The molecule has 0 fully saturated rings. The second-order valence-electron chi connectivity index (χ2n) is 17.8. The number of hydrogen-bond acceptors (Lipinski definition) is 5. The van der Waals surface area contributed by atoms with Crippen molar-refractivity contribution in [3.05, 3.63) is 259 Å². The van der Waals surface area contributed by atoms with Crippen LogP contribution in [0.15, 0.2) is 241 Å². The lowest BCUT2D eigenvalue weighted by molar-refractivity contribution is 0.436. The predicted molar refractivity (Wildman–Crippen MR) is 277 cm³/mol. The Kier molecular flexibility index (Phi) is 8.73. The second kappa shape index (κ2) is 15.4. The highest BCUT2D eigenvalue weighted by atomic mass is 16.5. The Morgan fingerprint density at radius 2 is 0.812 bits per heavy atom. The molecule has 0 radical (unpaired) electrons. The molecule has 1 aliphatic heterocycles. The van der Waals surface area contributed by atoms with Crippen molar-refractivity contribution in [1.29, 1.82) is 0 Å². The summed E-state index contributed by atoms with van der Waals surface area (Å²) in [6, 6.07) is 83.5. The lowest BCUT2D eigenvalue weighted by Crippen LogP contribution is -2.32. The van der Waals surface area contributed by atoms with Crippen LogP contribution in [0.5, 0.6) is 11.5 Å². The quantitative estimate of drug-likeness (QED) is 0.166. The first-order valence-corrected chi connectivity index (χ1v) is 23.3. The van der Waals surface area contributed by atoms with Crippen molar-refractivity contribution in [2.24, 2.45) is 0 Å². The number of aromatic nitrogens is 3. The molecule has 10 aromatic carbocycles. The monoisotopic (exact) mass is 881 g/mol. The van der Waals surface area contributed by atoms with E-state index in [-0.39, 0.29) is 0 Å². The van der Waals surface area contributed by atoms with Gasteiger partial charge in [0, 0.05) is 33.0 Å². The normalized spacial score (nSPS) is 12.9. The summed E-state index contributed by atoms with van der Waals surface area (Å²) in [6.07, 6.45) is 0. The third-order valence-electron chi connectivity index (χ3n) is 14.0. The van der Waals surface area contributed by atoms with E-state index in [2.05, 4.69) is 194 Å². The molecule has 2 aromatic heterocycles. The third-order valence-corrected chi connectivity index (χ3v) is 14.0. The van der Waals surface area contributed by atoms with Gasteiger partial charge in [0.2, 0.25) is 0 Å². The van der Waals surface area contributed by atoms with E-state index in [9.17, 15) is 0 Å². The second-order valence-corrected chi connectivity index (χ2v) is 17.8. The van der Waals surface area contributed by atoms with Crippen LogP contribution < -0.4 is 4.74 Å². The third kappa shape index (κ3) is 6.07. The molecule has 0 atom stereocenters. The highest BCUT2D eigenvalue weighted by Crippen LogP contribution is 2.63. The van der Waals surface area contributed by atoms with Crippen LogP contribution in [0.3, 0.4) is 0 Å². The zero-order valence-electron chi connectivity index (χ0n) is 37.2. The number of para-hydroxylation sites is 4. The Balaban J connectivity index is 1.05. The fourth-order valence-electron chi connectivity index (χ4n) is 11.0. The fourth-order valence-corrected chi connectivity index (χ4v) is 11.0. The fraction of sp³-hybridized carbons (Fsp3) is 0.0156. The van der Waals surface area contributed by atoms with Crippen molar-refractivity contribution >= 4 is 21.9 Å². The molecular formula is C64H39N3O2. The van der Waals surface area contributed by atoms with Gasteiger partial charge in [0.1, 0.15) is 22.7 Å². The van der Waals surface area contributed by atoms with Gasteiger partial charge >= 0.3 is 0 Å². The van der Waals surface area contributed by atoms with Gasteiger partial charge in [-0.1, -0.05) is 188 Å². The van der Waals surface area contributed by atoms with Crippen molar-refractivity contribution in [3.63, 3.8) is 0 Å². The van der Waals surface area contributed by atoms with Crippen LogP contribution >= 0.6 is 0 Å². The molecule has 0 N–H and O–H groups in total. The smallest absolute Gasteiger partial charge is 0.167 e. The summed E-state index contributed by atoms with van der Waals surface area (Å²) < 4.78 is 13.4. The Morgan fingerprint density at radius 3 is 1.49 bits per heavy atom. The van der Waals surface area contributed by atoms with E-state index >= 15 is 0 Å². The van der Waals surface area contributed by atoms with Gasteiger partial charge < -0.3 is 9.15 Å². The Labute approximate surface area is 398 Å². The largest absolute Gasteiger partial charge is 0.457 e. The molecule has 5 nitrogen and oxygen atoms in total. The van der Waals surface area contributed by atoms with Crippen LogP contribution in [-0.2, 0) is 5.41 Å². The molecule has 3 heterocycles. The van der Waals surface area contributed by atoms with Crippen LogP contribution in [0, 0.1) is 0 Å². The summed E-state index contributed by atoms with van der Waals surface area (Å²) in [4.78, 5) is 16.0. The van der Waals surface area contributed by atoms with E-state index in [4.69, 9.17) is 24.1 Å². The number of rotatable bonds is 6. The molecule has 1 aliphatic carbocycles. The molecule has 69 heavy (non-hydrogen) atoms. The van der Waals surface area contributed by atoms with E-state index in [0.717, 1.165) is 100 Å². The van der Waals surface area contributed by atoms with Gasteiger partial charge in [-0.2, -0.15) is 0 Å². The first kappa shape index (κ1) is 39.0. The average Bonchev–Trinajstić information content (AvgIpc) is 3.95. The van der Waals surface area contributed by atoms with E-state index < -0.39 is 5.41 Å². The molecule has 0 saturated heterocycles. The number of ether oxygens (including phenoxy) is 1. The molecule has 5 heteroatoms. The van der Waals surface area contributed by atoms with Gasteiger partial charge in [0.25, 0.3) is 0 Å². The van der Waals surface area contributed by atoms with Gasteiger partial charge in [-0.25, -0.2) is 15.0 Å². The van der Waals surface area contributed by atoms with Crippen molar-refractivity contribution in [1.82, 2.24) is 15.0 Å². The average molecular weight is 882 g/mol. The number of furan rings is 1. The Bertz CT molecular complexity index is 3890. The maximum Gasteiger partial charge on any atom is 0.167 e. The Morgan fingerprint density at radius 1 is 0.304 bits per heavy atom. The predicted octanol–water partition coefficient (Wildman–Crippen LogP) is 16.2. The lowest BCUT2D eigenvalue weighted by atomic mass is 9.66. The molecule has 0 saturated carbocycles. The maximum atomic E-state index is 6.80. The standard InChI is InChI=1S/C64H39N3O2/c1-4-18-40(19-5-1)44-36-45(41-20-6-2-7-21-41)38-46(37-44)43-34-35-49-55(39-43)64(52-28-11-14-32-57(52)68-58-33-15-12-29-53(58)64)54-30-17-26-50(59(49)54)62-65-61(42-22-8-3-9-23-42)66-63(67-62)51-27-16-25-48-47-24-10-13-31-56(47)69-60(48)51/h1-39H. The molecular weight excluding hydrogens is 843 g/mol. The minimum atomic E-state index is -0.751. The van der Waals surface area contributed by atoms with E-state index in [1.807, 2.05) is 42.5 Å². The van der Waals surface area contributed by atoms with Crippen LogP contribution in [0.4, 0.5) is 0 Å². The zero-order chi connectivity index (χ0) is 45.5. The zero-order valence-corrected chi connectivity index (χ0v) is 37.2. The minimum absolute atomic E-state index is 0.540. The van der Waals surface area contributed by atoms with Crippen molar-refractivity contribution in [2.75, 3.05) is 0 Å². The molecule has 14 rings (SSSR count). The van der Waals surface area contributed by atoms with Crippen molar-refractivity contribution in [2.45, 2.75) is 5.41 Å². The topological polar surface area (TPSA) is 61.0 Å². The summed E-state index contributed by atoms with van der Waals surface area (Å²) in [5.41, 5.74) is 17.0. The minimum Gasteiger partial charge on any atom is -0.457 e. The summed E-state index contributed by atoms with van der Waals surface area (Å²) in [7, 11) is 0. The molecule has 1 spiro atoms.